The Morgan fingerprint density at radius 2 is 0.970 bits per heavy atom. The number of phosphoric acid groups is 1. The molecule has 3 atom stereocenters. The van der Waals surface area contributed by atoms with Gasteiger partial charge in [-0.1, -0.05) is 190 Å². The largest absolute Gasteiger partial charge is 0.756 e. The first-order chi connectivity index (χ1) is 32.4. The maximum absolute atomic E-state index is 13.4. The number of amides is 1. The summed E-state index contributed by atoms with van der Waals surface area (Å²) < 4.78 is 30.1. The van der Waals surface area contributed by atoms with Crippen LogP contribution in [-0.2, 0) is 27.9 Å². The second kappa shape index (κ2) is 46.9. The minimum Gasteiger partial charge on any atom is -0.756 e. The van der Waals surface area contributed by atoms with E-state index in [1.54, 1.807) is 6.08 Å². The Labute approximate surface area is 412 Å². The summed E-state index contributed by atoms with van der Waals surface area (Å²) in [6, 6.07) is -0.920. The highest BCUT2D eigenvalue weighted by molar-refractivity contribution is 7.45. The Morgan fingerprint density at radius 1 is 0.537 bits per heavy atom. The Balaban J connectivity index is 5.51. The zero-order valence-electron chi connectivity index (χ0n) is 43.8. The number of nitrogens with one attached hydrogen (secondary N) is 1. The van der Waals surface area contributed by atoms with Gasteiger partial charge >= 0.3 is 5.97 Å². The number of allylic oxidation sites excluding steroid dienone is 13. The lowest BCUT2D eigenvalue weighted by molar-refractivity contribution is -0.870. The van der Waals surface area contributed by atoms with Crippen LogP contribution >= 0.6 is 7.82 Å². The van der Waals surface area contributed by atoms with Crippen LogP contribution in [0.2, 0.25) is 0 Å². The molecule has 0 rings (SSSR count). The van der Waals surface area contributed by atoms with E-state index in [9.17, 15) is 19.0 Å². The van der Waals surface area contributed by atoms with Crippen molar-refractivity contribution in [3.05, 3.63) is 85.1 Å². The first-order valence-corrected chi connectivity index (χ1v) is 28.4. The molecular weight excluding hydrogens is 856 g/mol. The Hall–Kier alpha value is -2.81. The topological polar surface area (TPSA) is 114 Å². The summed E-state index contributed by atoms with van der Waals surface area (Å²) in [6.07, 6.45) is 59.9. The molecule has 0 aliphatic rings. The summed E-state index contributed by atoms with van der Waals surface area (Å²) in [5, 5.41) is 2.98. The third kappa shape index (κ3) is 48.0. The lowest BCUT2D eigenvalue weighted by atomic mass is 10.1. The first-order valence-electron chi connectivity index (χ1n) is 26.9. The van der Waals surface area contributed by atoms with Gasteiger partial charge in [-0.15, -0.1) is 0 Å². The van der Waals surface area contributed by atoms with Gasteiger partial charge in [-0.25, -0.2) is 0 Å². The summed E-state index contributed by atoms with van der Waals surface area (Å²) >= 11 is 0. The lowest BCUT2D eigenvalue weighted by Gasteiger charge is -2.30. The molecule has 1 amide bonds. The number of hydrogen-bond donors (Lipinski definition) is 1. The van der Waals surface area contributed by atoms with Crippen molar-refractivity contribution in [3.8, 4) is 0 Å². The molecule has 0 heterocycles. The highest BCUT2D eigenvalue weighted by Gasteiger charge is 2.27. The van der Waals surface area contributed by atoms with E-state index in [0.717, 1.165) is 83.5 Å². The van der Waals surface area contributed by atoms with E-state index < -0.39 is 32.5 Å². The fraction of sp³-hybridized carbons (Fsp3) is 0.719. The van der Waals surface area contributed by atoms with Crippen LogP contribution in [0.3, 0.4) is 0 Å². The minimum atomic E-state index is -4.71. The molecule has 0 saturated heterocycles. The van der Waals surface area contributed by atoms with Crippen LogP contribution < -0.4 is 10.2 Å². The molecular formula is C57H101N2O7P. The molecule has 0 aliphatic heterocycles. The quantitative estimate of drug-likeness (QED) is 0.0212. The molecule has 386 valence electrons. The zero-order chi connectivity index (χ0) is 49.4. The summed E-state index contributed by atoms with van der Waals surface area (Å²) in [4.78, 5) is 39.7. The molecule has 0 radical (unpaired) electrons. The van der Waals surface area contributed by atoms with Gasteiger partial charge < -0.3 is 28.5 Å². The smallest absolute Gasteiger partial charge is 0.306 e. The van der Waals surface area contributed by atoms with Crippen LogP contribution in [0.5, 0.6) is 0 Å². The average Bonchev–Trinajstić information content (AvgIpc) is 3.28. The highest BCUT2D eigenvalue weighted by Crippen LogP contribution is 2.38. The number of rotatable bonds is 47. The van der Waals surface area contributed by atoms with Crippen molar-refractivity contribution in [2.24, 2.45) is 0 Å². The van der Waals surface area contributed by atoms with Crippen LogP contribution in [0.1, 0.15) is 213 Å². The standard InChI is InChI=1S/C57H101N2O7P/c1-7-10-13-16-19-22-25-27-28-29-30-32-35-38-41-44-47-50-57(61)66-55(48-45-42-39-36-33-24-21-18-15-12-9-3)54(53-65-67(62,63)64-52-51-59(4,5)6)58-56(60)49-46-43-40-37-34-31-26-23-20-17-14-11-8-2/h10,13,19,22,27-28,30-32,34,38,41,45,48,54-55H,7-9,11-12,14-18,20-21,23-26,29,33,35-37,39-40,42-44,46-47,49-53H2,1-6H3,(H-,58,60,62,63)/b13-10-,22-19-,28-27-,32-30-,34-31-,41-38-,48-45+. The number of ether oxygens (including phenoxy) is 1. The summed E-state index contributed by atoms with van der Waals surface area (Å²) in [5.41, 5.74) is 0. The van der Waals surface area contributed by atoms with Crippen molar-refractivity contribution in [1.82, 2.24) is 5.32 Å². The van der Waals surface area contributed by atoms with Crippen molar-refractivity contribution >= 4 is 19.7 Å². The molecule has 0 aromatic heterocycles. The van der Waals surface area contributed by atoms with E-state index >= 15 is 0 Å². The molecule has 10 heteroatoms. The van der Waals surface area contributed by atoms with Crippen LogP contribution in [0.25, 0.3) is 0 Å². The van der Waals surface area contributed by atoms with Gasteiger partial charge in [-0.3, -0.25) is 14.2 Å². The number of likely N-dealkylation sites (N-methyl/N-ethyl adjacent to an activating group) is 1. The molecule has 0 fully saturated rings. The number of quaternary nitrogens is 1. The van der Waals surface area contributed by atoms with Crippen LogP contribution in [0.15, 0.2) is 85.1 Å². The van der Waals surface area contributed by atoms with Crippen molar-refractivity contribution in [3.63, 3.8) is 0 Å². The van der Waals surface area contributed by atoms with Crippen molar-refractivity contribution in [2.75, 3.05) is 40.9 Å². The van der Waals surface area contributed by atoms with E-state index in [1.165, 1.54) is 83.5 Å². The number of carbonyl (C=O) groups excluding carboxylic acids is 2. The van der Waals surface area contributed by atoms with E-state index in [-0.39, 0.29) is 25.4 Å². The third-order valence-electron chi connectivity index (χ3n) is 11.3. The Bertz CT molecular complexity index is 1430. The number of phosphoric ester groups is 1. The average molecular weight is 957 g/mol. The molecule has 0 bridgehead atoms. The van der Waals surface area contributed by atoms with Gasteiger partial charge in [-0.05, 0) is 96.0 Å². The van der Waals surface area contributed by atoms with E-state index in [1.807, 2.05) is 27.2 Å². The first kappa shape index (κ1) is 64.2. The molecule has 0 aromatic rings. The van der Waals surface area contributed by atoms with Gasteiger partial charge in [0.1, 0.15) is 19.3 Å². The maximum Gasteiger partial charge on any atom is 0.306 e. The molecule has 9 nitrogen and oxygen atoms in total. The molecule has 0 spiro atoms. The van der Waals surface area contributed by atoms with E-state index in [2.05, 4.69) is 99.0 Å². The van der Waals surface area contributed by atoms with Gasteiger partial charge in [0.05, 0.1) is 33.8 Å². The van der Waals surface area contributed by atoms with Gasteiger partial charge in [0.15, 0.2) is 0 Å². The number of esters is 1. The van der Waals surface area contributed by atoms with Crippen molar-refractivity contribution < 1.29 is 37.3 Å². The third-order valence-corrected chi connectivity index (χ3v) is 12.3. The molecule has 0 saturated carbocycles. The molecule has 0 aliphatic carbocycles. The second-order valence-electron chi connectivity index (χ2n) is 19.0. The predicted octanol–water partition coefficient (Wildman–Crippen LogP) is 15.2. The number of nitrogens with zero attached hydrogens (tertiary/aromatic N) is 1. The molecule has 1 N–H and O–H groups in total. The Kier molecular flexibility index (Phi) is 44.9. The maximum atomic E-state index is 13.4. The van der Waals surface area contributed by atoms with Gasteiger partial charge in [0.25, 0.3) is 7.82 Å². The summed E-state index contributed by atoms with van der Waals surface area (Å²) in [7, 11) is 1.13. The number of unbranched alkanes of at least 4 members (excludes halogenated alkanes) is 19. The summed E-state index contributed by atoms with van der Waals surface area (Å²) in [5.74, 6) is -0.635. The fourth-order valence-electron chi connectivity index (χ4n) is 7.14. The van der Waals surface area contributed by atoms with Gasteiger partial charge in [-0.2, -0.15) is 0 Å². The van der Waals surface area contributed by atoms with Crippen LogP contribution in [0.4, 0.5) is 0 Å². The zero-order valence-corrected chi connectivity index (χ0v) is 44.7. The van der Waals surface area contributed by atoms with Crippen molar-refractivity contribution in [1.29, 1.82) is 0 Å². The predicted molar refractivity (Wildman–Crippen MR) is 284 cm³/mol. The summed E-state index contributed by atoms with van der Waals surface area (Å²) in [6.45, 7) is 6.64. The molecule has 0 aromatic carbocycles. The minimum absolute atomic E-state index is 0.0372. The molecule has 3 unspecified atom stereocenters. The molecule has 67 heavy (non-hydrogen) atoms. The SMILES string of the molecule is CC/C=C\C/C=C\C/C=C\C/C=C\C/C=C\CCCC(=O)OC(/C=C/CCCCCCCCCCC)C(COP(=O)([O-])OCC[N+](C)(C)C)NC(=O)CCCCC/C=C\CCCCCCCC. The fourth-order valence-corrected chi connectivity index (χ4v) is 7.86. The highest BCUT2D eigenvalue weighted by atomic mass is 31.2. The lowest BCUT2D eigenvalue weighted by Crippen LogP contribution is -2.47. The van der Waals surface area contributed by atoms with Gasteiger partial charge in [0.2, 0.25) is 5.91 Å². The second-order valence-corrected chi connectivity index (χ2v) is 20.4. The van der Waals surface area contributed by atoms with E-state index in [4.69, 9.17) is 13.8 Å². The number of carbonyl (C=O) groups is 2. The van der Waals surface area contributed by atoms with E-state index in [0.29, 0.717) is 23.9 Å². The Morgan fingerprint density at radius 3 is 1.48 bits per heavy atom. The van der Waals surface area contributed by atoms with Gasteiger partial charge in [0, 0.05) is 12.8 Å². The monoisotopic (exact) mass is 957 g/mol. The van der Waals surface area contributed by atoms with Crippen LogP contribution in [0, 0.1) is 0 Å². The van der Waals surface area contributed by atoms with Crippen molar-refractivity contribution in [2.45, 2.75) is 226 Å². The number of hydrogen-bond acceptors (Lipinski definition) is 7. The normalized spacial score (nSPS) is 14.6. The van der Waals surface area contributed by atoms with Crippen LogP contribution in [-0.4, -0.2) is 69.4 Å².